The van der Waals surface area contributed by atoms with E-state index in [0.29, 0.717) is 19.4 Å². The summed E-state index contributed by atoms with van der Waals surface area (Å²) in [5, 5.41) is 9.19. The zero-order valence-electron chi connectivity index (χ0n) is 12.2. The smallest absolute Gasteiger partial charge is 0.219 e. The molecule has 2 unspecified atom stereocenters. The van der Waals surface area contributed by atoms with Gasteiger partial charge in [0.05, 0.1) is 0 Å². The molecule has 0 amide bonds. The fourth-order valence-corrected chi connectivity index (χ4v) is 5.41. The molecule has 20 heavy (non-hydrogen) atoms. The van der Waals surface area contributed by atoms with Crippen LogP contribution in [0.2, 0.25) is 0 Å². The minimum absolute atomic E-state index is 0.141. The summed E-state index contributed by atoms with van der Waals surface area (Å²) in [6.07, 6.45) is 1.07. The molecule has 2 atom stereocenters. The summed E-state index contributed by atoms with van der Waals surface area (Å²) in [6, 6.07) is 7.86. The van der Waals surface area contributed by atoms with Crippen molar-refractivity contribution in [1.82, 2.24) is 5.32 Å². The molecule has 1 aliphatic carbocycles. The second-order valence-electron chi connectivity index (χ2n) is 6.90. The Bertz CT molecular complexity index is 668. The van der Waals surface area contributed by atoms with Crippen molar-refractivity contribution in [3.63, 3.8) is 0 Å². The molecule has 3 N–H and O–H groups in total. The van der Waals surface area contributed by atoms with Crippen molar-refractivity contribution in [2.24, 2.45) is 5.14 Å². The predicted octanol–water partition coefficient (Wildman–Crippen LogP) is 1.60. The van der Waals surface area contributed by atoms with E-state index in [0.717, 1.165) is 11.1 Å². The number of nitrogens with one attached hydrogen (secondary N) is 1. The van der Waals surface area contributed by atoms with Crippen LogP contribution in [0.3, 0.4) is 0 Å². The monoisotopic (exact) mass is 294 g/mol. The molecule has 3 rings (SSSR count). The van der Waals surface area contributed by atoms with Crippen LogP contribution in [-0.4, -0.2) is 20.5 Å². The van der Waals surface area contributed by atoms with Crippen LogP contribution in [0.15, 0.2) is 24.3 Å². The molecule has 0 saturated carbocycles. The number of piperidine rings is 1. The largest absolute Gasteiger partial charge is 0.311 e. The van der Waals surface area contributed by atoms with Crippen molar-refractivity contribution < 1.29 is 8.42 Å². The molecule has 0 aromatic heterocycles. The highest BCUT2D eigenvalue weighted by Crippen LogP contribution is 2.56. The van der Waals surface area contributed by atoms with Crippen LogP contribution in [0.1, 0.15) is 44.7 Å². The zero-order chi connectivity index (χ0) is 14.8. The van der Waals surface area contributed by atoms with Crippen molar-refractivity contribution >= 4 is 10.0 Å². The molecule has 0 spiro atoms. The van der Waals surface area contributed by atoms with Gasteiger partial charge in [-0.15, -0.1) is 0 Å². The van der Waals surface area contributed by atoms with Gasteiger partial charge in [0.1, 0.15) is 4.75 Å². The van der Waals surface area contributed by atoms with E-state index in [9.17, 15) is 8.42 Å². The minimum Gasteiger partial charge on any atom is -0.311 e. The van der Waals surface area contributed by atoms with Gasteiger partial charge in [-0.3, -0.25) is 0 Å². The SMILES string of the molecule is CC12CC(S(N)(=O)=O)(CCN1)c1ccccc1C2(C)C. The number of hydrogen-bond acceptors (Lipinski definition) is 3. The molecule has 1 heterocycles. The topological polar surface area (TPSA) is 72.2 Å². The lowest BCUT2D eigenvalue weighted by Gasteiger charge is -2.58. The van der Waals surface area contributed by atoms with E-state index in [1.807, 2.05) is 24.3 Å². The van der Waals surface area contributed by atoms with Gasteiger partial charge in [-0.2, -0.15) is 0 Å². The molecule has 110 valence electrons. The Kier molecular flexibility index (Phi) is 2.70. The van der Waals surface area contributed by atoms with Crippen LogP contribution < -0.4 is 10.5 Å². The summed E-state index contributed by atoms with van der Waals surface area (Å²) in [7, 11) is -3.66. The number of hydrogen-bond donors (Lipinski definition) is 2. The highest BCUT2D eigenvalue weighted by atomic mass is 32.2. The van der Waals surface area contributed by atoms with Gasteiger partial charge >= 0.3 is 0 Å². The number of fused-ring (bicyclic) bond motifs is 4. The summed E-state index contributed by atoms with van der Waals surface area (Å²) in [5.74, 6) is 0. The second-order valence-corrected chi connectivity index (χ2v) is 8.77. The minimum atomic E-state index is -3.66. The summed E-state index contributed by atoms with van der Waals surface area (Å²) in [5.41, 5.74) is 1.58. The Labute approximate surface area is 120 Å². The summed E-state index contributed by atoms with van der Waals surface area (Å²) in [4.78, 5) is 0. The molecule has 1 aromatic rings. The molecule has 1 saturated heterocycles. The molecule has 1 aliphatic heterocycles. The van der Waals surface area contributed by atoms with Crippen LogP contribution >= 0.6 is 0 Å². The fraction of sp³-hybridized carbons (Fsp3) is 0.600. The van der Waals surface area contributed by atoms with Gasteiger partial charge in [0.15, 0.2) is 0 Å². The first-order chi connectivity index (χ1) is 9.14. The predicted molar refractivity (Wildman–Crippen MR) is 79.9 cm³/mol. The average molecular weight is 294 g/mol. The Morgan fingerprint density at radius 3 is 2.35 bits per heavy atom. The lowest BCUT2D eigenvalue weighted by Crippen LogP contribution is -2.68. The van der Waals surface area contributed by atoms with E-state index >= 15 is 0 Å². The maximum atomic E-state index is 12.4. The van der Waals surface area contributed by atoms with Crippen molar-refractivity contribution in [2.75, 3.05) is 6.54 Å². The van der Waals surface area contributed by atoms with Crippen molar-refractivity contribution in [1.29, 1.82) is 0 Å². The van der Waals surface area contributed by atoms with Crippen LogP contribution in [-0.2, 0) is 20.2 Å². The van der Waals surface area contributed by atoms with E-state index in [1.54, 1.807) is 0 Å². The van der Waals surface area contributed by atoms with E-state index in [-0.39, 0.29) is 11.0 Å². The van der Waals surface area contributed by atoms with Crippen molar-refractivity contribution in [2.45, 2.75) is 49.3 Å². The van der Waals surface area contributed by atoms with Crippen LogP contribution in [0.4, 0.5) is 0 Å². The number of nitrogens with two attached hydrogens (primary N) is 1. The number of benzene rings is 1. The van der Waals surface area contributed by atoms with Gasteiger partial charge in [-0.25, -0.2) is 13.6 Å². The van der Waals surface area contributed by atoms with Gasteiger partial charge in [-0.1, -0.05) is 38.1 Å². The van der Waals surface area contributed by atoms with Crippen LogP contribution in [0.5, 0.6) is 0 Å². The third-order valence-electron chi connectivity index (χ3n) is 5.70. The number of rotatable bonds is 1. The Hall–Kier alpha value is -0.910. The average Bonchev–Trinajstić information content (AvgIpc) is 2.36. The molecule has 0 radical (unpaired) electrons. The molecule has 2 aliphatic rings. The first-order valence-electron chi connectivity index (χ1n) is 7.01. The van der Waals surface area contributed by atoms with Crippen molar-refractivity contribution in [3.05, 3.63) is 35.4 Å². The highest BCUT2D eigenvalue weighted by Gasteiger charge is 2.60. The molecule has 1 aromatic carbocycles. The van der Waals surface area contributed by atoms with Crippen molar-refractivity contribution in [3.8, 4) is 0 Å². The van der Waals surface area contributed by atoms with Gasteiger partial charge in [0.2, 0.25) is 10.0 Å². The quantitative estimate of drug-likeness (QED) is 0.826. The van der Waals surface area contributed by atoms with Crippen LogP contribution in [0.25, 0.3) is 0 Å². The first-order valence-corrected chi connectivity index (χ1v) is 8.56. The van der Waals surface area contributed by atoms with Gasteiger partial charge < -0.3 is 5.32 Å². The maximum Gasteiger partial charge on any atom is 0.219 e. The molecule has 4 nitrogen and oxygen atoms in total. The molecule has 2 bridgehead atoms. The zero-order valence-corrected chi connectivity index (χ0v) is 13.0. The normalized spacial score (nSPS) is 35.4. The standard InChI is InChI=1S/C15H22N2O2S/c1-13(2)11-6-4-5-7-12(11)15(20(16,18)19)8-9-17-14(13,3)10-15/h4-7,17H,8-10H2,1-3H3,(H2,16,18,19). The van der Waals surface area contributed by atoms with E-state index in [4.69, 9.17) is 5.14 Å². The second kappa shape index (κ2) is 3.84. The third-order valence-corrected chi connectivity index (χ3v) is 7.36. The maximum absolute atomic E-state index is 12.4. The Balaban J connectivity index is 2.39. The molecule has 5 heteroatoms. The van der Waals surface area contributed by atoms with E-state index in [2.05, 4.69) is 26.1 Å². The Morgan fingerprint density at radius 1 is 1.15 bits per heavy atom. The third kappa shape index (κ3) is 1.51. The van der Waals surface area contributed by atoms with Gasteiger partial charge in [0, 0.05) is 11.0 Å². The number of sulfonamides is 1. The fourth-order valence-electron chi connectivity index (χ4n) is 4.05. The summed E-state index contributed by atoms with van der Waals surface area (Å²) < 4.78 is 23.8. The van der Waals surface area contributed by atoms with E-state index < -0.39 is 14.8 Å². The Morgan fingerprint density at radius 2 is 1.75 bits per heavy atom. The summed E-state index contributed by atoms with van der Waals surface area (Å²) in [6.45, 7) is 7.14. The lowest BCUT2D eigenvalue weighted by molar-refractivity contribution is 0.119. The van der Waals surface area contributed by atoms with Gasteiger partial charge in [0.25, 0.3) is 0 Å². The first kappa shape index (κ1) is 14.0. The van der Waals surface area contributed by atoms with E-state index in [1.165, 1.54) is 0 Å². The highest BCUT2D eigenvalue weighted by molar-refractivity contribution is 7.90. The lowest BCUT2D eigenvalue weighted by atomic mass is 9.56. The molecule has 1 fully saturated rings. The molecular formula is C15H22N2O2S. The summed E-state index contributed by atoms with van der Waals surface area (Å²) >= 11 is 0. The molecular weight excluding hydrogens is 272 g/mol. The van der Waals surface area contributed by atoms with Gasteiger partial charge in [-0.05, 0) is 37.4 Å². The van der Waals surface area contributed by atoms with Crippen LogP contribution in [0, 0.1) is 0 Å². The number of primary sulfonamides is 1.